The molecule has 10 nitrogen and oxygen atoms in total. The summed E-state index contributed by atoms with van der Waals surface area (Å²) in [5.74, 6) is -0.595. The van der Waals surface area contributed by atoms with E-state index in [9.17, 15) is 29.8 Å². The monoisotopic (exact) mass is 414 g/mol. The first-order chi connectivity index (χ1) is 14.2. The van der Waals surface area contributed by atoms with Gasteiger partial charge in [0.1, 0.15) is 0 Å². The van der Waals surface area contributed by atoms with E-state index >= 15 is 0 Å². The maximum Gasteiger partial charge on any atom is 0.274 e. The topological polar surface area (TPSA) is 144 Å². The number of benzene rings is 2. The fraction of sp³-hybridized carbons (Fsp3) is 0.300. The number of carbonyl (C=O) groups is 2. The molecule has 2 aromatic rings. The van der Waals surface area contributed by atoms with E-state index in [4.69, 9.17) is 0 Å². The molecular formula is C20H22N4O6. The van der Waals surface area contributed by atoms with E-state index in [0.29, 0.717) is 35.3 Å². The fourth-order valence-corrected chi connectivity index (χ4v) is 2.91. The zero-order chi connectivity index (χ0) is 22.3. The van der Waals surface area contributed by atoms with Gasteiger partial charge in [-0.1, -0.05) is 12.1 Å². The van der Waals surface area contributed by atoms with Crippen LogP contribution in [0.25, 0.3) is 0 Å². The zero-order valence-corrected chi connectivity index (χ0v) is 16.6. The zero-order valence-electron chi connectivity index (χ0n) is 16.6. The average Bonchev–Trinajstić information content (AvgIpc) is 2.68. The molecule has 0 saturated carbocycles. The van der Waals surface area contributed by atoms with Crippen LogP contribution in [0.15, 0.2) is 36.4 Å². The second kappa shape index (κ2) is 10.1. The largest absolute Gasteiger partial charge is 0.326 e. The van der Waals surface area contributed by atoms with E-state index in [1.165, 1.54) is 24.3 Å². The minimum Gasteiger partial charge on any atom is -0.326 e. The Morgan fingerprint density at radius 2 is 1.13 bits per heavy atom. The number of hydrogen-bond acceptors (Lipinski definition) is 6. The third kappa shape index (κ3) is 5.84. The van der Waals surface area contributed by atoms with Gasteiger partial charge in [0.05, 0.1) is 32.3 Å². The van der Waals surface area contributed by atoms with Crippen molar-refractivity contribution in [2.45, 2.75) is 39.5 Å². The third-order valence-corrected chi connectivity index (χ3v) is 4.61. The van der Waals surface area contributed by atoms with Crippen molar-refractivity contribution >= 4 is 34.6 Å². The molecule has 0 unspecified atom stereocenters. The molecule has 30 heavy (non-hydrogen) atoms. The minimum atomic E-state index is -0.507. The molecule has 158 valence electrons. The molecule has 2 rings (SSSR count). The minimum absolute atomic E-state index is 0.0686. The van der Waals surface area contributed by atoms with E-state index in [1.807, 2.05) is 0 Å². The van der Waals surface area contributed by atoms with Crippen molar-refractivity contribution in [3.8, 4) is 0 Å². The number of nitro benzene ring substituents is 2. The summed E-state index contributed by atoms with van der Waals surface area (Å²) in [6.45, 7) is 3.13. The molecule has 0 radical (unpaired) electrons. The number of unbranched alkanes of at least 4 members (excludes halogenated alkanes) is 1. The van der Waals surface area contributed by atoms with Crippen molar-refractivity contribution in [1.82, 2.24) is 0 Å². The molecule has 0 saturated heterocycles. The van der Waals surface area contributed by atoms with Crippen LogP contribution in [0.4, 0.5) is 22.7 Å². The molecule has 2 amide bonds. The number of amides is 2. The number of anilines is 2. The van der Waals surface area contributed by atoms with Crippen LogP contribution in [0.2, 0.25) is 0 Å². The summed E-state index contributed by atoms with van der Waals surface area (Å²) in [5.41, 5.74) is 1.38. The molecular weight excluding hydrogens is 392 g/mol. The molecule has 0 fully saturated rings. The molecule has 0 heterocycles. The smallest absolute Gasteiger partial charge is 0.274 e. The molecule has 10 heteroatoms. The lowest BCUT2D eigenvalue weighted by Gasteiger charge is -2.09. The van der Waals surface area contributed by atoms with Crippen molar-refractivity contribution < 1.29 is 19.4 Å². The molecule has 2 N–H and O–H groups in total. The highest BCUT2D eigenvalue weighted by Crippen LogP contribution is 2.26. The highest BCUT2D eigenvalue weighted by Gasteiger charge is 2.16. The lowest BCUT2D eigenvalue weighted by atomic mass is 10.1. The van der Waals surface area contributed by atoms with Gasteiger partial charge in [0.15, 0.2) is 0 Å². The van der Waals surface area contributed by atoms with Gasteiger partial charge in [-0.3, -0.25) is 29.8 Å². The molecule has 0 aromatic heterocycles. The number of nitrogens with one attached hydrogen (secondary N) is 2. The van der Waals surface area contributed by atoms with Crippen LogP contribution in [0.5, 0.6) is 0 Å². The van der Waals surface area contributed by atoms with Crippen LogP contribution >= 0.6 is 0 Å². The van der Waals surface area contributed by atoms with Gasteiger partial charge < -0.3 is 10.6 Å². The quantitative estimate of drug-likeness (QED) is 0.356. The second-order valence-corrected chi connectivity index (χ2v) is 6.72. The molecule has 0 atom stereocenters. The average molecular weight is 414 g/mol. The van der Waals surface area contributed by atoms with E-state index in [2.05, 4.69) is 10.6 Å². The van der Waals surface area contributed by atoms with Crippen LogP contribution in [-0.2, 0) is 9.59 Å². The number of nitrogens with zero attached hydrogens (tertiary/aromatic N) is 2. The number of rotatable bonds is 9. The van der Waals surface area contributed by atoms with Crippen molar-refractivity contribution in [3.63, 3.8) is 0 Å². The maximum atomic E-state index is 12.1. The summed E-state index contributed by atoms with van der Waals surface area (Å²) in [6, 6.07) is 8.92. The predicted octanol–water partition coefficient (Wildman–Crippen LogP) is 4.26. The van der Waals surface area contributed by atoms with E-state index in [1.54, 1.807) is 26.0 Å². The van der Waals surface area contributed by atoms with Crippen molar-refractivity contribution in [3.05, 3.63) is 67.8 Å². The third-order valence-electron chi connectivity index (χ3n) is 4.61. The highest BCUT2D eigenvalue weighted by molar-refractivity contribution is 5.93. The van der Waals surface area contributed by atoms with Crippen LogP contribution < -0.4 is 10.6 Å². The SMILES string of the molecule is Cc1c(NC(=O)CCCCC(=O)Nc2cccc([N+](=O)[O-])c2C)cccc1[N+](=O)[O-]. The molecule has 2 aromatic carbocycles. The first-order valence-corrected chi connectivity index (χ1v) is 9.28. The fourth-order valence-electron chi connectivity index (χ4n) is 2.91. The Morgan fingerprint density at radius 1 is 0.767 bits per heavy atom. The summed E-state index contributed by atoms with van der Waals surface area (Å²) in [4.78, 5) is 45.1. The Kier molecular flexibility index (Phi) is 7.56. The van der Waals surface area contributed by atoms with Gasteiger partial charge in [-0.2, -0.15) is 0 Å². The lowest BCUT2D eigenvalue weighted by molar-refractivity contribution is -0.385. The summed E-state index contributed by atoms with van der Waals surface area (Å²) in [7, 11) is 0. The number of hydrogen-bond donors (Lipinski definition) is 2. The van der Waals surface area contributed by atoms with Crippen LogP contribution in [0.3, 0.4) is 0 Å². The van der Waals surface area contributed by atoms with Gasteiger partial charge in [-0.15, -0.1) is 0 Å². The standard InChI is InChI=1S/C20H22N4O6/c1-13-15(7-5-9-17(13)23(27)28)21-19(25)11-3-4-12-20(26)22-16-8-6-10-18(14(16)2)24(29)30/h5-10H,3-4,11-12H2,1-2H3,(H,21,25)(H,22,26). The first kappa shape index (κ1) is 22.5. The van der Waals surface area contributed by atoms with Gasteiger partial charge in [-0.25, -0.2) is 0 Å². The van der Waals surface area contributed by atoms with Gasteiger partial charge >= 0.3 is 0 Å². The Bertz CT molecular complexity index is 910. The van der Waals surface area contributed by atoms with E-state index in [0.717, 1.165) is 0 Å². The van der Waals surface area contributed by atoms with Gasteiger partial charge in [-0.05, 0) is 38.8 Å². The van der Waals surface area contributed by atoms with Gasteiger partial charge in [0.2, 0.25) is 11.8 Å². The summed E-state index contributed by atoms with van der Waals surface area (Å²) >= 11 is 0. The molecule has 0 aliphatic heterocycles. The van der Waals surface area contributed by atoms with Crippen LogP contribution in [0, 0.1) is 34.1 Å². The molecule has 0 aliphatic rings. The lowest BCUT2D eigenvalue weighted by Crippen LogP contribution is -2.14. The number of nitro groups is 2. The summed E-state index contributed by atoms with van der Waals surface area (Å²) in [5, 5.41) is 27.2. The Morgan fingerprint density at radius 3 is 1.47 bits per heavy atom. The molecule has 0 bridgehead atoms. The van der Waals surface area contributed by atoms with Crippen molar-refractivity contribution in [2.75, 3.05) is 10.6 Å². The molecule has 0 aliphatic carbocycles. The molecule has 0 spiro atoms. The second-order valence-electron chi connectivity index (χ2n) is 6.72. The van der Waals surface area contributed by atoms with Crippen LogP contribution in [0.1, 0.15) is 36.8 Å². The van der Waals surface area contributed by atoms with Crippen molar-refractivity contribution in [1.29, 1.82) is 0 Å². The first-order valence-electron chi connectivity index (χ1n) is 9.28. The Hall–Kier alpha value is -3.82. The highest BCUT2D eigenvalue weighted by atomic mass is 16.6. The van der Waals surface area contributed by atoms with Crippen LogP contribution in [-0.4, -0.2) is 21.7 Å². The summed E-state index contributed by atoms with van der Waals surface area (Å²) in [6.07, 6.45) is 1.21. The van der Waals surface area contributed by atoms with Crippen molar-refractivity contribution in [2.24, 2.45) is 0 Å². The van der Waals surface area contributed by atoms with Gasteiger partial charge in [0, 0.05) is 25.0 Å². The predicted molar refractivity (Wildman–Crippen MR) is 111 cm³/mol. The summed E-state index contributed by atoms with van der Waals surface area (Å²) < 4.78 is 0. The van der Waals surface area contributed by atoms with Gasteiger partial charge in [0.25, 0.3) is 11.4 Å². The normalized spacial score (nSPS) is 10.3. The number of carbonyl (C=O) groups excluding carboxylic acids is 2. The van der Waals surface area contributed by atoms with E-state index in [-0.39, 0.29) is 36.0 Å². The Labute approximate surface area is 172 Å². The van der Waals surface area contributed by atoms with E-state index < -0.39 is 9.85 Å². The maximum absolute atomic E-state index is 12.1. The Balaban J connectivity index is 1.80.